The van der Waals surface area contributed by atoms with Crippen molar-refractivity contribution in [1.29, 1.82) is 0 Å². The highest BCUT2D eigenvalue weighted by atomic mass is 35.5. The monoisotopic (exact) mass is 157 g/mol. The summed E-state index contributed by atoms with van der Waals surface area (Å²) in [5.74, 6) is -0.0690. The molecule has 0 aromatic heterocycles. The normalized spacial score (nSPS) is 23.0. The highest BCUT2D eigenvalue weighted by Crippen LogP contribution is 2.10. The Morgan fingerprint density at radius 2 is 2.50 bits per heavy atom. The van der Waals surface area contributed by atoms with Crippen molar-refractivity contribution in [3.63, 3.8) is 0 Å². The third kappa shape index (κ3) is 1.28. The van der Waals surface area contributed by atoms with Crippen molar-refractivity contribution >= 4 is 17.4 Å². The second kappa shape index (κ2) is 2.99. The summed E-state index contributed by atoms with van der Waals surface area (Å²) >= 11 is 5.32. The number of hydrogen-bond donors (Lipinski definition) is 1. The molecule has 0 saturated carbocycles. The van der Waals surface area contributed by atoms with E-state index in [0.29, 0.717) is 5.57 Å². The lowest BCUT2D eigenvalue weighted by molar-refractivity contribution is -0.113. The van der Waals surface area contributed by atoms with Crippen LogP contribution in [-0.4, -0.2) is 17.7 Å². The van der Waals surface area contributed by atoms with Crippen molar-refractivity contribution < 1.29 is 4.79 Å². The lowest BCUT2D eigenvalue weighted by atomic mass is 10.1. The van der Waals surface area contributed by atoms with Crippen LogP contribution in [0.5, 0.6) is 0 Å². The molecule has 1 aliphatic rings. The largest absolute Gasteiger partial charge is 0.321 e. The van der Waals surface area contributed by atoms with Crippen LogP contribution in [0, 0.1) is 0 Å². The van der Waals surface area contributed by atoms with E-state index < -0.39 is 0 Å². The van der Waals surface area contributed by atoms with Gasteiger partial charge in [-0.25, -0.2) is 0 Å². The van der Waals surface area contributed by atoms with Crippen molar-refractivity contribution in [2.75, 3.05) is 5.88 Å². The standard InChI is InChI=1S/C7H8ClNO/c8-4-7(10)5-2-1-3-6(5)9/h1-3,6H,4,9H2. The number of carbonyl (C=O) groups excluding carboxylic acids is 1. The highest BCUT2D eigenvalue weighted by Gasteiger charge is 2.15. The molecule has 1 rings (SSSR count). The molecule has 0 heterocycles. The van der Waals surface area contributed by atoms with E-state index in [9.17, 15) is 4.79 Å². The second-order valence-corrected chi connectivity index (χ2v) is 2.36. The number of carbonyl (C=O) groups is 1. The van der Waals surface area contributed by atoms with Crippen molar-refractivity contribution in [2.24, 2.45) is 5.73 Å². The van der Waals surface area contributed by atoms with Gasteiger partial charge in [-0.15, -0.1) is 11.6 Å². The van der Waals surface area contributed by atoms with Gasteiger partial charge in [0.2, 0.25) is 0 Å². The van der Waals surface area contributed by atoms with E-state index in [-0.39, 0.29) is 17.7 Å². The van der Waals surface area contributed by atoms with Crippen molar-refractivity contribution in [3.05, 3.63) is 23.8 Å². The highest BCUT2D eigenvalue weighted by molar-refractivity contribution is 6.30. The minimum Gasteiger partial charge on any atom is -0.321 e. The molecule has 0 aromatic carbocycles. The van der Waals surface area contributed by atoms with Gasteiger partial charge in [-0.3, -0.25) is 4.79 Å². The van der Waals surface area contributed by atoms with E-state index in [1.54, 1.807) is 18.2 Å². The van der Waals surface area contributed by atoms with Gasteiger partial charge in [0.1, 0.15) is 0 Å². The van der Waals surface area contributed by atoms with Crippen LogP contribution in [0.15, 0.2) is 23.8 Å². The quantitative estimate of drug-likeness (QED) is 0.598. The zero-order valence-electron chi connectivity index (χ0n) is 5.38. The van der Waals surface area contributed by atoms with Crippen LogP contribution in [0.25, 0.3) is 0 Å². The number of hydrogen-bond acceptors (Lipinski definition) is 2. The molecule has 0 saturated heterocycles. The summed E-state index contributed by atoms with van der Waals surface area (Å²) in [6.45, 7) is 0. The topological polar surface area (TPSA) is 43.1 Å². The number of halogens is 1. The molecule has 10 heavy (non-hydrogen) atoms. The van der Waals surface area contributed by atoms with Crippen LogP contribution in [0.1, 0.15) is 0 Å². The lowest BCUT2D eigenvalue weighted by Gasteiger charge is -2.03. The van der Waals surface area contributed by atoms with Gasteiger partial charge in [-0.1, -0.05) is 18.2 Å². The van der Waals surface area contributed by atoms with E-state index >= 15 is 0 Å². The van der Waals surface area contributed by atoms with Gasteiger partial charge in [0.15, 0.2) is 5.78 Å². The first-order valence-electron chi connectivity index (χ1n) is 2.99. The molecule has 0 amide bonds. The molecule has 1 atom stereocenters. The van der Waals surface area contributed by atoms with Crippen LogP contribution in [-0.2, 0) is 4.79 Å². The molecular weight excluding hydrogens is 150 g/mol. The van der Waals surface area contributed by atoms with Gasteiger partial charge in [0.05, 0.1) is 11.9 Å². The van der Waals surface area contributed by atoms with E-state index in [4.69, 9.17) is 17.3 Å². The van der Waals surface area contributed by atoms with Crippen LogP contribution in [0.2, 0.25) is 0 Å². The summed E-state index contributed by atoms with van der Waals surface area (Å²) in [6, 6.07) is -0.244. The molecular formula is C7H8ClNO. The number of allylic oxidation sites excluding steroid dienone is 2. The fraction of sp³-hybridized carbons (Fsp3) is 0.286. The van der Waals surface area contributed by atoms with Crippen molar-refractivity contribution in [2.45, 2.75) is 6.04 Å². The Hall–Kier alpha value is -0.600. The fourth-order valence-corrected chi connectivity index (χ4v) is 1.00. The number of ketones is 1. The molecule has 0 aromatic rings. The molecule has 0 spiro atoms. The first-order valence-corrected chi connectivity index (χ1v) is 3.52. The van der Waals surface area contributed by atoms with Gasteiger partial charge in [0, 0.05) is 5.57 Å². The molecule has 1 aliphatic carbocycles. The van der Waals surface area contributed by atoms with Gasteiger partial charge in [-0.2, -0.15) is 0 Å². The number of Topliss-reactive ketones (excluding diaryl/α,β-unsaturated/α-hetero) is 1. The summed E-state index contributed by atoms with van der Waals surface area (Å²) in [5.41, 5.74) is 6.13. The van der Waals surface area contributed by atoms with Crippen LogP contribution < -0.4 is 5.73 Å². The maximum Gasteiger partial charge on any atom is 0.175 e. The number of nitrogens with two attached hydrogens (primary N) is 1. The smallest absolute Gasteiger partial charge is 0.175 e. The van der Waals surface area contributed by atoms with Crippen molar-refractivity contribution in [3.8, 4) is 0 Å². The Balaban J connectivity index is 2.68. The third-order valence-electron chi connectivity index (χ3n) is 1.40. The van der Waals surface area contributed by atoms with Crippen LogP contribution in [0.4, 0.5) is 0 Å². The first-order chi connectivity index (χ1) is 4.75. The summed E-state index contributed by atoms with van der Waals surface area (Å²) in [7, 11) is 0. The van der Waals surface area contributed by atoms with Crippen LogP contribution >= 0.6 is 11.6 Å². The molecule has 0 aliphatic heterocycles. The molecule has 1 unspecified atom stereocenters. The third-order valence-corrected chi connectivity index (χ3v) is 1.64. The Bertz CT molecular complexity index is 208. The van der Waals surface area contributed by atoms with E-state index in [0.717, 1.165) is 0 Å². The molecule has 0 bridgehead atoms. The Morgan fingerprint density at radius 3 is 2.90 bits per heavy atom. The fourth-order valence-electron chi connectivity index (χ4n) is 0.850. The first kappa shape index (κ1) is 7.51. The SMILES string of the molecule is NC1C=CC=C1C(=O)CCl. The van der Waals surface area contributed by atoms with Gasteiger partial charge >= 0.3 is 0 Å². The summed E-state index contributed by atoms with van der Waals surface area (Å²) in [4.78, 5) is 10.9. The zero-order chi connectivity index (χ0) is 7.56. The number of alkyl halides is 1. The molecule has 2 N–H and O–H groups in total. The van der Waals surface area contributed by atoms with Gasteiger partial charge in [0.25, 0.3) is 0 Å². The minimum atomic E-state index is -0.244. The molecule has 0 fully saturated rings. The predicted molar refractivity (Wildman–Crippen MR) is 40.9 cm³/mol. The minimum absolute atomic E-state index is 0.0151. The predicted octanol–water partition coefficient (Wildman–Crippen LogP) is 0.618. The van der Waals surface area contributed by atoms with E-state index in [1.807, 2.05) is 0 Å². The Kier molecular flexibility index (Phi) is 2.25. The summed E-state index contributed by atoms with van der Waals surface area (Å²) in [5, 5.41) is 0. The molecule has 54 valence electrons. The summed E-state index contributed by atoms with van der Waals surface area (Å²) < 4.78 is 0. The van der Waals surface area contributed by atoms with Gasteiger partial charge < -0.3 is 5.73 Å². The second-order valence-electron chi connectivity index (χ2n) is 2.09. The Labute approximate surface area is 64.3 Å². The van der Waals surface area contributed by atoms with E-state index in [2.05, 4.69) is 0 Å². The van der Waals surface area contributed by atoms with Crippen molar-refractivity contribution in [1.82, 2.24) is 0 Å². The maximum atomic E-state index is 10.9. The maximum absolute atomic E-state index is 10.9. The lowest BCUT2D eigenvalue weighted by Crippen LogP contribution is -2.23. The van der Waals surface area contributed by atoms with Crippen LogP contribution in [0.3, 0.4) is 0 Å². The molecule has 2 nitrogen and oxygen atoms in total. The molecule has 3 heteroatoms. The molecule has 0 radical (unpaired) electrons. The Morgan fingerprint density at radius 1 is 1.80 bits per heavy atom. The van der Waals surface area contributed by atoms with Gasteiger partial charge in [-0.05, 0) is 0 Å². The average molecular weight is 158 g/mol. The zero-order valence-corrected chi connectivity index (χ0v) is 6.14. The summed E-state index contributed by atoms with van der Waals surface area (Å²) in [6.07, 6.45) is 5.24. The number of rotatable bonds is 2. The van der Waals surface area contributed by atoms with E-state index in [1.165, 1.54) is 0 Å². The average Bonchev–Trinajstić information content (AvgIpc) is 2.34.